The number of pyridine rings is 1. The van der Waals surface area contributed by atoms with Crippen LogP contribution in [0.25, 0.3) is 0 Å². The number of aliphatic hydroxyl groups excluding tert-OH is 1. The van der Waals surface area contributed by atoms with E-state index in [9.17, 15) is 13.5 Å². The zero-order valence-corrected chi connectivity index (χ0v) is 11.0. The minimum atomic E-state index is -3.58. The molecule has 0 saturated carbocycles. The van der Waals surface area contributed by atoms with Gasteiger partial charge in [0.15, 0.2) is 0 Å². The number of aliphatic hydroxyl groups is 1. The number of β-amino-alcohol motifs (C(OH)–C–C–N with tert-alkyl or cyclic N) is 1. The lowest BCUT2D eigenvalue weighted by Crippen LogP contribution is -2.45. The summed E-state index contributed by atoms with van der Waals surface area (Å²) in [6.45, 7) is 2.47. The summed E-state index contributed by atoms with van der Waals surface area (Å²) < 4.78 is 25.9. The highest BCUT2D eigenvalue weighted by molar-refractivity contribution is 7.89. The maximum absolute atomic E-state index is 12.3. The topological polar surface area (TPSA) is 96.5 Å². The van der Waals surface area contributed by atoms with Crippen LogP contribution in [0, 0.1) is 5.92 Å². The molecule has 0 amide bonds. The summed E-state index contributed by atoms with van der Waals surface area (Å²) in [4.78, 5) is 3.89. The zero-order valence-electron chi connectivity index (χ0n) is 10.2. The molecule has 0 aliphatic carbocycles. The minimum Gasteiger partial charge on any atom is -0.391 e. The average Bonchev–Trinajstić information content (AvgIpc) is 2.33. The number of nitrogens with two attached hydrogens (primary N) is 1. The number of aromatic nitrogens is 1. The maximum Gasteiger partial charge on any atom is 0.244 e. The summed E-state index contributed by atoms with van der Waals surface area (Å²) in [5.41, 5.74) is 5.43. The van der Waals surface area contributed by atoms with E-state index in [1.54, 1.807) is 0 Å². The molecule has 1 fully saturated rings. The van der Waals surface area contributed by atoms with Gasteiger partial charge in [-0.25, -0.2) is 13.4 Å². The van der Waals surface area contributed by atoms with Gasteiger partial charge >= 0.3 is 0 Å². The molecule has 1 aromatic rings. The lowest BCUT2D eigenvalue weighted by atomic mass is 9.98. The van der Waals surface area contributed by atoms with Crippen molar-refractivity contribution in [1.29, 1.82) is 0 Å². The quantitative estimate of drug-likeness (QED) is 0.792. The third kappa shape index (κ3) is 2.47. The van der Waals surface area contributed by atoms with Crippen LogP contribution in [0.15, 0.2) is 23.2 Å². The van der Waals surface area contributed by atoms with E-state index < -0.39 is 16.1 Å². The summed E-state index contributed by atoms with van der Waals surface area (Å²) in [7, 11) is -3.58. The Morgan fingerprint density at radius 3 is 2.78 bits per heavy atom. The van der Waals surface area contributed by atoms with E-state index in [1.807, 2.05) is 6.92 Å². The van der Waals surface area contributed by atoms with Crippen molar-refractivity contribution < 1.29 is 13.5 Å². The van der Waals surface area contributed by atoms with Gasteiger partial charge < -0.3 is 10.8 Å². The average molecular weight is 271 g/mol. The summed E-state index contributed by atoms with van der Waals surface area (Å²) in [5, 5.41) is 9.76. The molecule has 7 heteroatoms. The van der Waals surface area contributed by atoms with Crippen LogP contribution in [-0.2, 0) is 10.0 Å². The minimum absolute atomic E-state index is 0.110. The highest BCUT2D eigenvalue weighted by Gasteiger charge is 2.32. The SMILES string of the molecule is CC1CCN(S(=O)(=O)c2ccc(N)nc2)CC1O. The fourth-order valence-corrected chi connectivity index (χ4v) is 3.35. The smallest absolute Gasteiger partial charge is 0.244 e. The first-order chi connectivity index (χ1) is 8.41. The van der Waals surface area contributed by atoms with Gasteiger partial charge in [-0.3, -0.25) is 0 Å². The van der Waals surface area contributed by atoms with E-state index in [1.165, 1.54) is 22.6 Å². The van der Waals surface area contributed by atoms with Crippen molar-refractivity contribution in [3.63, 3.8) is 0 Å². The number of nitrogen functional groups attached to an aromatic ring is 1. The van der Waals surface area contributed by atoms with Crippen LogP contribution in [-0.4, -0.2) is 42.0 Å². The molecule has 1 saturated heterocycles. The van der Waals surface area contributed by atoms with E-state index in [4.69, 9.17) is 5.73 Å². The molecular weight excluding hydrogens is 254 g/mol. The molecule has 6 nitrogen and oxygen atoms in total. The fraction of sp³-hybridized carbons (Fsp3) is 0.545. The molecule has 0 radical (unpaired) electrons. The van der Waals surface area contributed by atoms with Gasteiger partial charge in [0, 0.05) is 19.3 Å². The molecule has 2 unspecified atom stereocenters. The highest BCUT2D eigenvalue weighted by atomic mass is 32.2. The van der Waals surface area contributed by atoms with Gasteiger partial charge in [-0.2, -0.15) is 4.31 Å². The number of sulfonamides is 1. The van der Waals surface area contributed by atoms with Crippen molar-refractivity contribution in [2.24, 2.45) is 5.92 Å². The standard InChI is InChI=1S/C11H17N3O3S/c1-8-4-5-14(7-10(8)15)18(16,17)9-2-3-11(12)13-6-9/h2-3,6,8,10,15H,4-5,7H2,1H3,(H2,12,13). The molecule has 18 heavy (non-hydrogen) atoms. The number of piperidine rings is 1. The fourth-order valence-electron chi connectivity index (χ4n) is 1.93. The second kappa shape index (κ2) is 4.83. The first-order valence-corrected chi connectivity index (χ1v) is 7.25. The Morgan fingerprint density at radius 2 is 2.22 bits per heavy atom. The maximum atomic E-state index is 12.3. The summed E-state index contributed by atoms with van der Waals surface area (Å²) in [5.74, 6) is 0.405. The summed E-state index contributed by atoms with van der Waals surface area (Å²) >= 11 is 0. The van der Waals surface area contributed by atoms with Crippen molar-refractivity contribution in [2.75, 3.05) is 18.8 Å². The van der Waals surface area contributed by atoms with E-state index in [2.05, 4.69) is 4.98 Å². The third-order valence-corrected chi connectivity index (χ3v) is 5.13. The molecule has 1 aliphatic rings. The van der Waals surface area contributed by atoms with E-state index in [0.717, 1.165) is 0 Å². The molecular formula is C11H17N3O3S. The van der Waals surface area contributed by atoms with Crippen LogP contribution in [0.5, 0.6) is 0 Å². The number of hydrogen-bond donors (Lipinski definition) is 2. The van der Waals surface area contributed by atoms with Gasteiger partial charge in [0.05, 0.1) is 6.10 Å². The lowest BCUT2D eigenvalue weighted by Gasteiger charge is -2.33. The van der Waals surface area contributed by atoms with E-state index in [-0.39, 0.29) is 23.2 Å². The van der Waals surface area contributed by atoms with Gasteiger partial charge in [0.1, 0.15) is 10.7 Å². The van der Waals surface area contributed by atoms with E-state index in [0.29, 0.717) is 13.0 Å². The van der Waals surface area contributed by atoms with Crippen molar-refractivity contribution in [1.82, 2.24) is 9.29 Å². The van der Waals surface area contributed by atoms with Gasteiger partial charge in [0.2, 0.25) is 10.0 Å². The Bertz CT molecular complexity index is 515. The Balaban J connectivity index is 2.24. The van der Waals surface area contributed by atoms with Gasteiger partial charge in [-0.05, 0) is 24.5 Å². The van der Waals surface area contributed by atoms with Crippen LogP contribution >= 0.6 is 0 Å². The molecule has 2 atom stereocenters. The summed E-state index contributed by atoms with van der Waals surface area (Å²) in [6, 6.07) is 2.89. The predicted octanol–water partition coefficient (Wildman–Crippen LogP) is 0.0552. The number of nitrogens with zero attached hydrogens (tertiary/aromatic N) is 2. The van der Waals surface area contributed by atoms with Crippen LogP contribution < -0.4 is 5.73 Å². The van der Waals surface area contributed by atoms with Crippen LogP contribution in [0.2, 0.25) is 0 Å². The van der Waals surface area contributed by atoms with Gasteiger partial charge in [-0.15, -0.1) is 0 Å². The number of rotatable bonds is 2. The van der Waals surface area contributed by atoms with Gasteiger partial charge in [0.25, 0.3) is 0 Å². The van der Waals surface area contributed by atoms with Crippen molar-refractivity contribution in [3.05, 3.63) is 18.3 Å². The molecule has 100 valence electrons. The van der Waals surface area contributed by atoms with Crippen LogP contribution in [0.4, 0.5) is 5.82 Å². The molecule has 2 heterocycles. The van der Waals surface area contributed by atoms with Gasteiger partial charge in [-0.1, -0.05) is 6.92 Å². The van der Waals surface area contributed by atoms with Crippen molar-refractivity contribution in [3.8, 4) is 0 Å². The van der Waals surface area contributed by atoms with Crippen molar-refractivity contribution in [2.45, 2.75) is 24.3 Å². The molecule has 2 rings (SSSR count). The Kier molecular flexibility index (Phi) is 3.56. The number of hydrogen-bond acceptors (Lipinski definition) is 5. The highest BCUT2D eigenvalue weighted by Crippen LogP contribution is 2.23. The number of anilines is 1. The Morgan fingerprint density at radius 1 is 1.50 bits per heavy atom. The Hall–Kier alpha value is -1.18. The molecule has 0 bridgehead atoms. The second-order valence-electron chi connectivity index (χ2n) is 4.62. The lowest BCUT2D eigenvalue weighted by molar-refractivity contribution is 0.0605. The summed E-state index contributed by atoms with van der Waals surface area (Å²) in [6.07, 6.45) is 1.29. The first-order valence-electron chi connectivity index (χ1n) is 5.81. The monoisotopic (exact) mass is 271 g/mol. The largest absolute Gasteiger partial charge is 0.391 e. The Labute approximate surface area is 106 Å². The van der Waals surface area contributed by atoms with Crippen molar-refractivity contribution >= 4 is 15.8 Å². The molecule has 1 aromatic heterocycles. The molecule has 1 aliphatic heterocycles. The molecule has 0 aromatic carbocycles. The van der Waals surface area contributed by atoms with Crippen LogP contribution in [0.3, 0.4) is 0 Å². The first kappa shape index (κ1) is 13.3. The van der Waals surface area contributed by atoms with E-state index >= 15 is 0 Å². The normalized spacial score (nSPS) is 26.1. The molecule has 0 spiro atoms. The zero-order chi connectivity index (χ0) is 13.3. The predicted molar refractivity (Wildman–Crippen MR) is 67.2 cm³/mol. The third-order valence-electron chi connectivity index (χ3n) is 3.28. The van der Waals surface area contributed by atoms with Crippen LogP contribution in [0.1, 0.15) is 13.3 Å². The second-order valence-corrected chi connectivity index (χ2v) is 6.55. The molecule has 3 N–H and O–H groups in total.